The summed E-state index contributed by atoms with van der Waals surface area (Å²) >= 11 is 2.25. The molecule has 0 amide bonds. The minimum atomic E-state index is 0.162. The van der Waals surface area contributed by atoms with Crippen molar-refractivity contribution < 1.29 is 0 Å². The fourth-order valence-electron chi connectivity index (χ4n) is 2.03. The fraction of sp³-hybridized carbons (Fsp3) is 0.500. The fourth-order valence-corrected chi connectivity index (χ4v) is 2.56. The Morgan fingerprint density at radius 3 is 2.25 bits per heavy atom. The summed E-state index contributed by atoms with van der Waals surface area (Å²) in [4.78, 5) is 8.84. The lowest BCUT2D eigenvalue weighted by atomic mass is 9.91. The molecule has 2 rings (SSSR count). The molecular formula is C14H20IN5. The molecule has 0 atom stereocenters. The van der Waals surface area contributed by atoms with Crippen LogP contribution >= 0.6 is 22.6 Å². The molecule has 20 heavy (non-hydrogen) atoms. The third-order valence-corrected chi connectivity index (χ3v) is 3.96. The van der Waals surface area contributed by atoms with Gasteiger partial charge in [0.2, 0.25) is 0 Å². The van der Waals surface area contributed by atoms with Crippen LogP contribution in [0.5, 0.6) is 0 Å². The molecule has 5 nitrogen and oxygen atoms in total. The summed E-state index contributed by atoms with van der Waals surface area (Å²) in [7, 11) is 0. The lowest BCUT2D eigenvalue weighted by Crippen LogP contribution is -2.11. The van der Waals surface area contributed by atoms with E-state index >= 15 is 0 Å². The van der Waals surface area contributed by atoms with E-state index in [0.717, 1.165) is 27.1 Å². The number of halogens is 1. The van der Waals surface area contributed by atoms with Crippen LogP contribution in [-0.4, -0.2) is 19.7 Å². The first kappa shape index (κ1) is 15.2. The van der Waals surface area contributed by atoms with Gasteiger partial charge in [-0.15, -0.1) is 0 Å². The number of hydrogen-bond acceptors (Lipinski definition) is 4. The molecule has 108 valence electrons. The molecule has 0 radical (unpaired) electrons. The summed E-state index contributed by atoms with van der Waals surface area (Å²) in [6.45, 7) is 10.4. The standard InChI is InChI=1S/C14H20IN5/c1-8-6-9(2)18-13(17-8)20-12(16)11(15)10(19-20)7-14(3,4)5/h6H,7,16H2,1-5H3. The van der Waals surface area contributed by atoms with E-state index < -0.39 is 0 Å². The van der Waals surface area contributed by atoms with Gasteiger partial charge in [0.05, 0.1) is 9.26 Å². The van der Waals surface area contributed by atoms with Gasteiger partial charge in [0.1, 0.15) is 5.82 Å². The van der Waals surface area contributed by atoms with Crippen molar-refractivity contribution in [3.05, 3.63) is 26.7 Å². The molecule has 6 heteroatoms. The van der Waals surface area contributed by atoms with Gasteiger partial charge in [-0.2, -0.15) is 9.78 Å². The number of hydrogen-bond donors (Lipinski definition) is 1. The Kier molecular flexibility index (Phi) is 4.04. The van der Waals surface area contributed by atoms with E-state index in [9.17, 15) is 0 Å². The van der Waals surface area contributed by atoms with Crippen molar-refractivity contribution in [3.63, 3.8) is 0 Å². The van der Waals surface area contributed by atoms with Crippen LogP contribution in [0.3, 0.4) is 0 Å². The first-order valence-electron chi connectivity index (χ1n) is 6.53. The summed E-state index contributed by atoms with van der Waals surface area (Å²) < 4.78 is 2.63. The van der Waals surface area contributed by atoms with Crippen molar-refractivity contribution in [2.45, 2.75) is 41.0 Å². The van der Waals surface area contributed by atoms with Crippen molar-refractivity contribution in [2.24, 2.45) is 5.41 Å². The molecule has 2 heterocycles. The zero-order valence-corrected chi connectivity index (χ0v) is 14.7. The quantitative estimate of drug-likeness (QED) is 0.807. The molecule has 0 unspecified atom stereocenters. The molecule has 0 spiro atoms. The first-order chi connectivity index (χ1) is 9.17. The second kappa shape index (κ2) is 5.31. The Hall–Kier alpha value is -1.18. The number of nitrogen functional groups attached to an aromatic ring is 1. The molecule has 0 saturated carbocycles. The maximum absolute atomic E-state index is 6.17. The molecule has 0 aromatic carbocycles. The van der Waals surface area contributed by atoms with Gasteiger partial charge in [0.25, 0.3) is 5.95 Å². The predicted molar refractivity (Wildman–Crippen MR) is 88.9 cm³/mol. The van der Waals surface area contributed by atoms with Crippen LogP contribution in [0.15, 0.2) is 6.07 Å². The Labute approximate surface area is 133 Å². The van der Waals surface area contributed by atoms with Crippen LogP contribution in [0.25, 0.3) is 5.95 Å². The van der Waals surface area contributed by atoms with Crippen LogP contribution in [0.1, 0.15) is 37.9 Å². The monoisotopic (exact) mass is 385 g/mol. The average Bonchev–Trinajstić information content (AvgIpc) is 2.54. The normalized spacial score (nSPS) is 11.9. The summed E-state index contributed by atoms with van der Waals surface area (Å²) in [6.07, 6.45) is 0.868. The Morgan fingerprint density at radius 2 is 1.75 bits per heavy atom. The van der Waals surface area contributed by atoms with E-state index in [2.05, 4.69) is 58.4 Å². The lowest BCUT2D eigenvalue weighted by Gasteiger charge is -2.16. The molecule has 0 aliphatic rings. The maximum Gasteiger partial charge on any atom is 0.252 e. The number of aromatic nitrogens is 4. The highest BCUT2D eigenvalue weighted by Gasteiger charge is 2.21. The number of aryl methyl sites for hydroxylation is 2. The van der Waals surface area contributed by atoms with Gasteiger partial charge in [-0.3, -0.25) is 0 Å². The lowest BCUT2D eigenvalue weighted by molar-refractivity contribution is 0.404. The van der Waals surface area contributed by atoms with E-state index in [4.69, 9.17) is 5.73 Å². The molecule has 0 saturated heterocycles. The third kappa shape index (κ3) is 3.28. The Bertz CT molecular complexity index is 619. The van der Waals surface area contributed by atoms with Gasteiger partial charge in [0.15, 0.2) is 0 Å². The second-order valence-electron chi connectivity index (χ2n) is 6.25. The van der Waals surface area contributed by atoms with Crippen molar-refractivity contribution in [3.8, 4) is 5.95 Å². The zero-order valence-electron chi connectivity index (χ0n) is 12.5. The van der Waals surface area contributed by atoms with Crippen LogP contribution in [0, 0.1) is 22.8 Å². The third-order valence-electron chi connectivity index (χ3n) is 2.78. The van der Waals surface area contributed by atoms with Gasteiger partial charge in [-0.25, -0.2) is 9.97 Å². The summed E-state index contributed by atoms with van der Waals surface area (Å²) in [5.41, 5.74) is 9.15. The summed E-state index contributed by atoms with van der Waals surface area (Å²) in [5.74, 6) is 1.15. The second-order valence-corrected chi connectivity index (χ2v) is 7.32. The predicted octanol–water partition coefficient (Wildman–Crippen LogP) is 3.05. The van der Waals surface area contributed by atoms with E-state index in [0.29, 0.717) is 11.8 Å². The molecule has 0 aliphatic carbocycles. The van der Waals surface area contributed by atoms with Gasteiger partial charge < -0.3 is 5.73 Å². The zero-order chi connectivity index (χ0) is 15.1. The maximum atomic E-state index is 6.17. The highest BCUT2D eigenvalue weighted by molar-refractivity contribution is 14.1. The summed E-state index contributed by atoms with van der Waals surface area (Å²) in [6, 6.07) is 1.93. The number of anilines is 1. The van der Waals surface area contributed by atoms with Crippen molar-refractivity contribution in [2.75, 3.05) is 5.73 Å². The van der Waals surface area contributed by atoms with E-state index in [1.54, 1.807) is 4.68 Å². The highest BCUT2D eigenvalue weighted by Crippen LogP contribution is 2.27. The molecule has 0 fully saturated rings. The number of nitrogens with zero attached hydrogens (tertiary/aromatic N) is 4. The van der Waals surface area contributed by atoms with Gasteiger partial charge in [-0.05, 0) is 54.3 Å². The van der Waals surface area contributed by atoms with Crippen molar-refractivity contribution in [1.29, 1.82) is 0 Å². The van der Waals surface area contributed by atoms with Crippen LogP contribution in [0.4, 0.5) is 5.82 Å². The van der Waals surface area contributed by atoms with Gasteiger partial charge in [-0.1, -0.05) is 20.8 Å². The van der Waals surface area contributed by atoms with Gasteiger partial charge in [0, 0.05) is 11.4 Å². The van der Waals surface area contributed by atoms with Crippen molar-refractivity contribution in [1.82, 2.24) is 19.7 Å². The highest BCUT2D eigenvalue weighted by atomic mass is 127. The number of rotatable bonds is 2. The van der Waals surface area contributed by atoms with Crippen LogP contribution < -0.4 is 5.73 Å². The van der Waals surface area contributed by atoms with E-state index in [1.807, 2.05) is 19.9 Å². The van der Waals surface area contributed by atoms with E-state index in [1.165, 1.54) is 0 Å². The average molecular weight is 385 g/mol. The van der Waals surface area contributed by atoms with Gasteiger partial charge >= 0.3 is 0 Å². The molecule has 2 aromatic rings. The smallest absolute Gasteiger partial charge is 0.252 e. The minimum Gasteiger partial charge on any atom is -0.383 e. The molecule has 2 aromatic heterocycles. The number of nitrogens with two attached hydrogens (primary N) is 1. The van der Waals surface area contributed by atoms with Crippen LogP contribution in [-0.2, 0) is 6.42 Å². The molecule has 2 N–H and O–H groups in total. The Balaban J connectivity index is 2.50. The summed E-state index contributed by atoms with van der Waals surface area (Å²) in [5, 5.41) is 4.61. The molecular weight excluding hydrogens is 365 g/mol. The van der Waals surface area contributed by atoms with E-state index in [-0.39, 0.29) is 5.41 Å². The topological polar surface area (TPSA) is 69.6 Å². The molecule has 0 aliphatic heterocycles. The minimum absolute atomic E-state index is 0.162. The Morgan fingerprint density at radius 1 is 1.20 bits per heavy atom. The molecule has 0 bridgehead atoms. The first-order valence-corrected chi connectivity index (χ1v) is 7.61. The van der Waals surface area contributed by atoms with Crippen molar-refractivity contribution >= 4 is 28.4 Å². The SMILES string of the molecule is Cc1cc(C)nc(-n2nc(CC(C)(C)C)c(I)c2N)n1. The largest absolute Gasteiger partial charge is 0.383 e. The van der Waals surface area contributed by atoms with Crippen LogP contribution in [0.2, 0.25) is 0 Å².